The Morgan fingerprint density at radius 1 is 1.55 bits per heavy atom. The Bertz CT molecular complexity index is 236. The first kappa shape index (κ1) is 8.63. The molecule has 1 rings (SSSR count). The van der Waals surface area contributed by atoms with Gasteiger partial charge in [0.25, 0.3) is 0 Å². The summed E-state index contributed by atoms with van der Waals surface area (Å²) in [5, 5.41) is 0. The Kier molecular flexibility index (Phi) is 2.98. The fourth-order valence-corrected chi connectivity index (χ4v) is 1.17. The minimum absolute atomic E-state index is 0.0805. The third kappa shape index (κ3) is 1.98. The number of rotatable bonds is 2. The highest BCUT2D eigenvalue weighted by molar-refractivity contribution is 14.1. The molecule has 0 saturated carbocycles. The molecule has 0 aromatic carbocycles. The van der Waals surface area contributed by atoms with E-state index in [-0.39, 0.29) is 5.75 Å². The third-order valence-electron chi connectivity index (χ3n) is 1.01. The molecule has 1 aromatic rings. The molecule has 0 unspecified atom stereocenters. The lowest BCUT2D eigenvalue weighted by Gasteiger charge is -2.03. The molecule has 0 bridgehead atoms. The topological polar surface area (TPSA) is 22.1 Å². The zero-order valence-electron chi connectivity index (χ0n) is 5.35. The van der Waals surface area contributed by atoms with Gasteiger partial charge in [0.05, 0.1) is 9.77 Å². The SMILES string of the molecule is FCOc1c(F)cncc1I. The number of nitrogens with zero attached hydrogens (tertiary/aromatic N) is 1. The maximum Gasteiger partial charge on any atom is 0.228 e. The molecule has 0 saturated heterocycles. The first-order valence-electron chi connectivity index (χ1n) is 2.73. The molecule has 1 aromatic heterocycles. The zero-order valence-corrected chi connectivity index (χ0v) is 7.51. The molecule has 0 aliphatic heterocycles. The van der Waals surface area contributed by atoms with Gasteiger partial charge in [-0.3, -0.25) is 4.98 Å². The second-order valence-electron chi connectivity index (χ2n) is 1.69. The van der Waals surface area contributed by atoms with E-state index in [0.29, 0.717) is 3.57 Å². The minimum atomic E-state index is -1.03. The van der Waals surface area contributed by atoms with Crippen LogP contribution in [-0.4, -0.2) is 11.8 Å². The normalized spacial score (nSPS) is 9.73. The second-order valence-corrected chi connectivity index (χ2v) is 2.85. The van der Waals surface area contributed by atoms with E-state index < -0.39 is 12.7 Å². The van der Waals surface area contributed by atoms with Gasteiger partial charge in [-0.2, -0.15) is 0 Å². The Balaban J connectivity index is 3.00. The van der Waals surface area contributed by atoms with Crippen LogP contribution in [0.15, 0.2) is 12.4 Å². The standard InChI is InChI=1S/C6H4F2INO/c7-3-11-6-4(8)1-10-2-5(6)9/h1-2H,3H2. The van der Waals surface area contributed by atoms with Crippen molar-refractivity contribution in [2.45, 2.75) is 0 Å². The molecule has 0 aliphatic rings. The van der Waals surface area contributed by atoms with Crippen molar-refractivity contribution >= 4 is 22.6 Å². The van der Waals surface area contributed by atoms with Gasteiger partial charge in [-0.15, -0.1) is 0 Å². The van der Waals surface area contributed by atoms with E-state index >= 15 is 0 Å². The molecule has 0 N–H and O–H groups in total. The summed E-state index contributed by atoms with van der Waals surface area (Å²) < 4.78 is 29.1. The summed E-state index contributed by atoms with van der Waals surface area (Å²) in [6, 6.07) is 0. The van der Waals surface area contributed by atoms with Crippen molar-refractivity contribution in [2.24, 2.45) is 0 Å². The van der Waals surface area contributed by atoms with E-state index in [1.165, 1.54) is 6.20 Å². The molecule has 60 valence electrons. The predicted molar refractivity (Wildman–Crippen MR) is 43.5 cm³/mol. The highest BCUT2D eigenvalue weighted by Crippen LogP contribution is 2.22. The molecule has 0 aliphatic carbocycles. The molecule has 0 amide bonds. The van der Waals surface area contributed by atoms with Crippen molar-refractivity contribution in [3.05, 3.63) is 21.8 Å². The number of hydrogen-bond acceptors (Lipinski definition) is 2. The number of alkyl halides is 1. The number of hydrogen-bond donors (Lipinski definition) is 0. The predicted octanol–water partition coefficient (Wildman–Crippen LogP) is 2.13. The first-order chi connectivity index (χ1) is 5.25. The maximum absolute atomic E-state index is 12.7. The monoisotopic (exact) mass is 271 g/mol. The molecule has 0 fully saturated rings. The maximum atomic E-state index is 12.7. The van der Waals surface area contributed by atoms with Gasteiger partial charge in [0, 0.05) is 6.20 Å². The van der Waals surface area contributed by atoms with E-state index in [2.05, 4.69) is 9.72 Å². The summed E-state index contributed by atoms with van der Waals surface area (Å²) in [6.45, 7) is -1.03. The van der Waals surface area contributed by atoms with E-state index in [1.807, 2.05) is 22.6 Å². The zero-order chi connectivity index (χ0) is 8.27. The molecule has 0 radical (unpaired) electrons. The van der Waals surface area contributed by atoms with Gasteiger partial charge in [0.1, 0.15) is 0 Å². The molecule has 1 heterocycles. The molecule has 0 atom stereocenters. The minimum Gasteiger partial charge on any atom is -0.459 e. The van der Waals surface area contributed by atoms with Crippen LogP contribution in [0.25, 0.3) is 0 Å². The summed E-state index contributed by atoms with van der Waals surface area (Å²) in [5.41, 5.74) is 0. The van der Waals surface area contributed by atoms with E-state index in [4.69, 9.17) is 0 Å². The van der Waals surface area contributed by atoms with Crippen molar-refractivity contribution in [3.63, 3.8) is 0 Å². The van der Waals surface area contributed by atoms with Crippen molar-refractivity contribution in [3.8, 4) is 5.75 Å². The summed E-state index contributed by atoms with van der Waals surface area (Å²) in [6.07, 6.45) is 2.38. The van der Waals surface area contributed by atoms with E-state index in [9.17, 15) is 8.78 Å². The summed E-state index contributed by atoms with van der Waals surface area (Å²) in [4.78, 5) is 3.54. The molecular weight excluding hydrogens is 267 g/mol. The van der Waals surface area contributed by atoms with Crippen LogP contribution in [-0.2, 0) is 0 Å². The summed E-state index contributed by atoms with van der Waals surface area (Å²) in [7, 11) is 0. The van der Waals surface area contributed by atoms with Crippen LogP contribution in [0.3, 0.4) is 0 Å². The second kappa shape index (κ2) is 3.80. The van der Waals surface area contributed by atoms with Crippen LogP contribution >= 0.6 is 22.6 Å². The highest BCUT2D eigenvalue weighted by Gasteiger charge is 2.07. The Hall–Kier alpha value is -0.460. The van der Waals surface area contributed by atoms with Gasteiger partial charge in [-0.05, 0) is 22.6 Å². The number of pyridine rings is 1. The lowest BCUT2D eigenvalue weighted by molar-refractivity contribution is 0.182. The highest BCUT2D eigenvalue weighted by atomic mass is 127. The molecule has 5 heteroatoms. The fourth-order valence-electron chi connectivity index (χ4n) is 0.592. The van der Waals surface area contributed by atoms with Crippen LogP contribution in [0.4, 0.5) is 8.78 Å². The van der Waals surface area contributed by atoms with E-state index in [0.717, 1.165) is 6.20 Å². The van der Waals surface area contributed by atoms with Gasteiger partial charge < -0.3 is 4.74 Å². The average Bonchev–Trinajstić information content (AvgIpc) is 1.97. The van der Waals surface area contributed by atoms with Gasteiger partial charge in [-0.1, -0.05) is 0 Å². The smallest absolute Gasteiger partial charge is 0.228 e. The largest absolute Gasteiger partial charge is 0.459 e. The fraction of sp³-hybridized carbons (Fsp3) is 0.167. The van der Waals surface area contributed by atoms with Crippen molar-refractivity contribution in [1.29, 1.82) is 0 Å². The lowest BCUT2D eigenvalue weighted by atomic mass is 10.4. The van der Waals surface area contributed by atoms with Gasteiger partial charge in [0.15, 0.2) is 11.6 Å². The van der Waals surface area contributed by atoms with Crippen LogP contribution in [0.5, 0.6) is 5.75 Å². The molecular formula is C6H4F2INO. The molecule has 0 spiro atoms. The third-order valence-corrected chi connectivity index (χ3v) is 1.78. The summed E-state index contributed by atoms with van der Waals surface area (Å²) >= 11 is 1.82. The average molecular weight is 271 g/mol. The van der Waals surface area contributed by atoms with Gasteiger partial charge in [0.2, 0.25) is 6.86 Å². The number of ether oxygens (including phenoxy) is 1. The first-order valence-corrected chi connectivity index (χ1v) is 3.81. The molecule has 11 heavy (non-hydrogen) atoms. The van der Waals surface area contributed by atoms with Crippen molar-refractivity contribution in [1.82, 2.24) is 4.98 Å². The van der Waals surface area contributed by atoms with Crippen LogP contribution in [0.1, 0.15) is 0 Å². The summed E-state index contributed by atoms with van der Waals surface area (Å²) in [5.74, 6) is -0.724. The van der Waals surface area contributed by atoms with Crippen LogP contribution < -0.4 is 4.74 Å². The quantitative estimate of drug-likeness (QED) is 0.769. The van der Waals surface area contributed by atoms with E-state index in [1.54, 1.807) is 0 Å². The number of aromatic nitrogens is 1. The van der Waals surface area contributed by atoms with Crippen molar-refractivity contribution in [2.75, 3.05) is 6.86 Å². The molecule has 2 nitrogen and oxygen atoms in total. The van der Waals surface area contributed by atoms with Crippen LogP contribution in [0.2, 0.25) is 0 Å². The van der Waals surface area contributed by atoms with Gasteiger partial charge >= 0.3 is 0 Å². The Morgan fingerprint density at radius 3 is 2.82 bits per heavy atom. The number of halogens is 3. The van der Waals surface area contributed by atoms with Gasteiger partial charge in [-0.25, -0.2) is 8.78 Å². The van der Waals surface area contributed by atoms with Crippen molar-refractivity contribution < 1.29 is 13.5 Å². The van der Waals surface area contributed by atoms with Crippen LogP contribution in [0, 0.1) is 9.39 Å². The lowest BCUT2D eigenvalue weighted by Crippen LogP contribution is -1.96. The Labute approximate surface area is 75.7 Å². The Morgan fingerprint density at radius 2 is 2.27 bits per heavy atom.